The summed E-state index contributed by atoms with van der Waals surface area (Å²) in [7, 11) is 3.87. The van der Waals surface area contributed by atoms with E-state index in [1.807, 2.05) is 12.1 Å². The number of benzene rings is 1. The summed E-state index contributed by atoms with van der Waals surface area (Å²) in [6.45, 7) is 0. The Labute approximate surface area is 95.6 Å². The number of rotatable bonds is 0. The van der Waals surface area contributed by atoms with Crippen LogP contribution in [0.4, 0.5) is 0 Å². The molecule has 0 bridgehead atoms. The normalized spacial score (nSPS) is 7.75. The van der Waals surface area contributed by atoms with E-state index in [-0.39, 0.29) is 5.57 Å². The molecular formula is C13H5N2P. The fraction of sp³-hybridized carbons (Fsp3) is 0. The molecule has 1 aromatic rings. The van der Waals surface area contributed by atoms with E-state index in [4.69, 9.17) is 16.9 Å². The molecular weight excluding hydrogens is 215 g/mol. The van der Waals surface area contributed by atoms with E-state index in [1.165, 1.54) is 0 Å². The zero-order valence-corrected chi connectivity index (χ0v) is 9.12. The second kappa shape index (κ2) is 5.56. The average molecular weight is 220 g/mol. The molecule has 0 saturated carbocycles. The molecule has 0 heterocycles. The van der Waals surface area contributed by atoms with E-state index >= 15 is 0 Å². The van der Waals surface area contributed by atoms with Gasteiger partial charge in [-0.1, -0.05) is 0 Å². The Bertz CT molecular complexity index is 582. The van der Waals surface area contributed by atoms with Gasteiger partial charge in [-0.05, 0) is 0 Å². The molecule has 0 amide bonds. The summed E-state index contributed by atoms with van der Waals surface area (Å²) in [6.07, 6.45) is 5.26. The Balaban J connectivity index is 3.58. The molecule has 0 atom stereocenters. The fourth-order valence-corrected chi connectivity index (χ4v) is 1.33. The molecule has 0 saturated heterocycles. The Kier molecular flexibility index (Phi) is 4.09. The molecule has 2 nitrogen and oxygen atoms in total. The van der Waals surface area contributed by atoms with Crippen LogP contribution in [0.5, 0.6) is 0 Å². The molecule has 0 fully saturated rings. The average Bonchev–Trinajstić information content (AvgIpc) is 2.34. The van der Waals surface area contributed by atoms with Gasteiger partial charge in [0, 0.05) is 0 Å². The van der Waals surface area contributed by atoms with Crippen molar-refractivity contribution in [1.29, 1.82) is 10.5 Å². The third kappa shape index (κ3) is 2.39. The summed E-state index contributed by atoms with van der Waals surface area (Å²) in [6, 6.07) is 10.4. The van der Waals surface area contributed by atoms with Crippen molar-refractivity contribution in [2.45, 2.75) is 0 Å². The second-order valence-electron chi connectivity index (χ2n) is 2.81. The molecule has 0 N–H and O–H groups in total. The molecule has 1 rings (SSSR count). The van der Waals surface area contributed by atoms with E-state index < -0.39 is 0 Å². The first-order valence-electron chi connectivity index (χ1n) is 4.28. The zero-order valence-electron chi connectivity index (χ0n) is 8.23. The van der Waals surface area contributed by atoms with Crippen LogP contribution in [0.15, 0.2) is 24.3 Å². The maximum atomic E-state index is 8.68. The summed E-state index contributed by atoms with van der Waals surface area (Å²) < 4.78 is 0. The van der Waals surface area contributed by atoms with Crippen LogP contribution in [0, 0.1) is 40.6 Å². The molecule has 0 aliphatic carbocycles. The van der Waals surface area contributed by atoms with Crippen LogP contribution < -0.4 is 10.4 Å². The molecule has 3 heteroatoms. The topological polar surface area (TPSA) is 47.6 Å². The molecule has 0 spiro atoms. The summed E-state index contributed by atoms with van der Waals surface area (Å²) in [5.74, 6) is 2.44. The van der Waals surface area contributed by atoms with Crippen LogP contribution >= 0.6 is 8.70 Å². The van der Waals surface area contributed by atoms with Crippen molar-refractivity contribution in [3.05, 3.63) is 34.7 Å². The van der Waals surface area contributed by atoms with Crippen molar-refractivity contribution in [2.75, 3.05) is 0 Å². The Hall–Kier alpha value is -2.29. The standard InChI is InChI=1S/C13H5N2P/c1-2-10(9-16)11-3-5-12(6-4-11)13(7-14)8-15/h1,3-6H. The van der Waals surface area contributed by atoms with Crippen molar-refractivity contribution in [3.8, 4) is 30.1 Å². The third-order valence-corrected chi connectivity index (χ3v) is 2.17. The van der Waals surface area contributed by atoms with Gasteiger partial charge < -0.3 is 0 Å². The van der Waals surface area contributed by atoms with E-state index in [9.17, 15) is 0 Å². The van der Waals surface area contributed by atoms with Crippen LogP contribution in [0.2, 0.25) is 0 Å². The van der Waals surface area contributed by atoms with Crippen LogP contribution in [0.3, 0.4) is 0 Å². The summed E-state index contributed by atoms with van der Waals surface area (Å²) in [5.41, 5.74) is 3.19. The molecule has 1 aromatic carbocycles. The van der Waals surface area contributed by atoms with Crippen LogP contribution in [0.1, 0.15) is 0 Å². The van der Waals surface area contributed by atoms with Crippen molar-refractivity contribution in [2.24, 2.45) is 0 Å². The minimum atomic E-state index is 0.0765. The molecule has 0 aromatic heterocycles. The zero-order chi connectivity index (χ0) is 12.0. The van der Waals surface area contributed by atoms with Gasteiger partial charge in [0.25, 0.3) is 0 Å². The van der Waals surface area contributed by atoms with E-state index in [2.05, 4.69) is 20.2 Å². The Morgan fingerprint density at radius 1 is 1.00 bits per heavy atom. The molecule has 0 aliphatic rings. The predicted octanol–water partition coefficient (Wildman–Crippen LogP) is 1.04. The quantitative estimate of drug-likeness (QED) is 0.484. The van der Waals surface area contributed by atoms with Gasteiger partial charge in [0.1, 0.15) is 0 Å². The number of nitrogens with zero attached hydrogens (tertiary/aromatic N) is 2. The third-order valence-electron chi connectivity index (χ3n) is 1.94. The van der Waals surface area contributed by atoms with Crippen LogP contribution in [0.25, 0.3) is 11.1 Å². The van der Waals surface area contributed by atoms with Gasteiger partial charge in [-0.25, -0.2) is 0 Å². The monoisotopic (exact) mass is 220 g/mol. The first-order valence-corrected chi connectivity index (χ1v) is 4.73. The van der Waals surface area contributed by atoms with E-state index in [1.54, 1.807) is 24.3 Å². The minimum absolute atomic E-state index is 0.0765. The van der Waals surface area contributed by atoms with Crippen molar-refractivity contribution >= 4 is 19.8 Å². The van der Waals surface area contributed by atoms with E-state index in [0.29, 0.717) is 10.8 Å². The maximum absolute atomic E-state index is 8.68. The molecule has 16 heavy (non-hydrogen) atoms. The van der Waals surface area contributed by atoms with Gasteiger partial charge in [0.2, 0.25) is 0 Å². The summed E-state index contributed by atoms with van der Waals surface area (Å²) in [5, 5.41) is 18.7. The SMILES string of the molecule is C#CC(C#P)=c1ccc(=C(C#N)C#N)cc1. The van der Waals surface area contributed by atoms with Gasteiger partial charge in [-0.3, -0.25) is 0 Å². The second-order valence-corrected chi connectivity index (χ2v) is 3.03. The number of terminal acetylenes is 1. The van der Waals surface area contributed by atoms with Crippen LogP contribution in [-0.2, 0) is 0 Å². The Morgan fingerprint density at radius 3 is 1.75 bits per heavy atom. The number of hydrogen-bond donors (Lipinski definition) is 0. The predicted molar refractivity (Wildman–Crippen MR) is 63.4 cm³/mol. The van der Waals surface area contributed by atoms with Crippen LogP contribution in [-0.4, -0.2) is 0 Å². The van der Waals surface area contributed by atoms with E-state index in [0.717, 1.165) is 5.22 Å². The first kappa shape index (κ1) is 11.8. The fourth-order valence-electron chi connectivity index (χ4n) is 1.14. The summed E-state index contributed by atoms with van der Waals surface area (Å²) in [4.78, 5) is 0. The van der Waals surface area contributed by atoms with Gasteiger partial charge in [-0.2, -0.15) is 0 Å². The Morgan fingerprint density at radius 2 is 1.44 bits per heavy atom. The van der Waals surface area contributed by atoms with Gasteiger partial charge >= 0.3 is 95.2 Å². The first-order chi connectivity index (χ1) is 7.76. The number of hydrogen-bond acceptors (Lipinski definition) is 2. The van der Waals surface area contributed by atoms with Gasteiger partial charge in [-0.15, -0.1) is 0 Å². The number of nitriles is 2. The van der Waals surface area contributed by atoms with Crippen molar-refractivity contribution in [3.63, 3.8) is 0 Å². The van der Waals surface area contributed by atoms with Gasteiger partial charge in [0.15, 0.2) is 0 Å². The van der Waals surface area contributed by atoms with Crippen molar-refractivity contribution in [1.82, 2.24) is 0 Å². The van der Waals surface area contributed by atoms with Gasteiger partial charge in [0.05, 0.1) is 0 Å². The molecule has 72 valence electrons. The van der Waals surface area contributed by atoms with Crippen molar-refractivity contribution < 1.29 is 0 Å². The molecule has 0 radical (unpaired) electrons. The molecule has 0 unspecified atom stereocenters. The summed E-state index contributed by atoms with van der Waals surface area (Å²) >= 11 is 0. The molecule has 0 aliphatic heterocycles.